The number of carbonyl (C=O) groups excluding carboxylic acids is 1. The summed E-state index contributed by atoms with van der Waals surface area (Å²) in [6.45, 7) is 6.33. The molecule has 0 amide bonds. The molecule has 0 unspecified atom stereocenters. The van der Waals surface area contributed by atoms with Crippen LogP contribution in [0.2, 0.25) is 0 Å². The molecule has 0 aliphatic carbocycles. The number of likely N-dealkylation sites (tertiary alicyclic amines) is 1. The van der Waals surface area contributed by atoms with Gasteiger partial charge in [0.15, 0.2) is 0 Å². The molecule has 13 heavy (non-hydrogen) atoms. The minimum absolute atomic E-state index is 0.220. The first-order chi connectivity index (χ1) is 6.36. The number of nitrogens with zero attached hydrogens (tertiary/aromatic N) is 2. The second kappa shape index (κ2) is 7.75. The Morgan fingerprint density at radius 1 is 1.46 bits per heavy atom. The number of hydrogen-bond acceptors (Lipinski definition) is 3. The van der Waals surface area contributed by atoms with Crippen LogP contribution >= 0.6 is 0 Å². The lowest BCUT2D eigenvalue weighted by Crippen LogP contribution is -2.34. The third kappa shape index (κ3) is 4.64. The third-order valence-corrected chi connectivity index (χ3v) is 2.10. The maximum Gasteiger partial charge on any atom is 0.133 e. The van der Waals surface area contributed by atoms with Gasteiger partial charge in [0.1, 0.15) is 6.29 Å². The van der Waals surface area contributed by atoms with Crippen LogP contribution in [-0.2, 0) is 4.79 Å². The van der Waals surface area contributed by atoms with Gasteiger partial charge in [-0.05, 0) is 25.9 Å². The van der Waals surface area contributed by atoms with Gasteiger partial charge in [-0.15, -0.1) is 0 Å². The van der Waals surface area contributed by atoms with Gasteiger partial charge in [-0.2, -0.15) is 5.26 Å². The lowest BCUT2D eigenvalue weighted by atomic mass is 9.99. The number of nitriles is 1. The van der Waals surface area contributed by atoms with Crippen LogP contribution in [0.15, 0.2) is 0 Å². The van der Waals surface area contributed by atoms with Crippen molar-refractivity contribution in [2.75, 3.05) is 19.6 Å². The molecule has 1 heterocycles. The second-order valence-corrected chi connectivity index (χ2v) is 2.87. The van der Waals surface area contributed by atoms with Gasteiger partial charge in [0.25, 0.3) is 0 Å². The van der Waals surface area contributed by atoms with Gasteiger partial charge in [0.05, 0.1) is 12.6 Å². The van der Waals surface area contributed by atoms with Crippen molar-refractivity contribution in [1.29, 1.82) is 5.26 Å². The summed E-state index contributed by atoms with van der Waals surface area (Å²) in [5.74, 6) is 0.220. The Labute approximate surface area is 80.3 Å². The third-order valence-electron chi connectivity index (χ3n) is 2.10. The minimum atomic E-state index is 0.220. The van der Waals surface area contributed by atoms with Gasteiger partial charge in [0, 0.05) is 5.92 Å². The Kier molecular flexibility index (Phi) is 7.23. The van der Waals surface area contributed by atoms with Gasteiger partial charge in [0.2, 0.25) is 0 Å². The van der Waals surface area contributed by atoms with Crippen LogP contribution in [-0.4, -0.2) is 30.8 Å². The predicted octanol–water partition coefficient (Wildman–Crippen LogP) is 1.45. The SMILES string of the molecule is CC.N#CC1CCN(CC=O)CC1. The Hall–Kier alpha value is -0.880. The van der Waals surface area contributed by atoms with E-state index in [1.807, 2.05) is 13.8 Å². The molecular weight excluding hydrogens is 164 g/mol. The molecular formula is C10H18N2O. The van der Waals surface area contributed by atoms with Gasteiger partial charge in [-0.25, -0.2) is 0 Å². The average molecular weight is 182 g/mol. The topological polar surface area (TPSA) is 44.1 Å². The van der Waals surface area contributed by atoms with Gasteiger partial charge in [-0.3, -0.25) is 4.90 Å². The Bertz CT molecular complexity index is 166. The van der Waals surface area contributed by atoms with Crippen molar-refractivity contribution >= 4 is 6.29 Å². The molecule has 0 aromatic heterocycles. The zero-order chi connectivity index (χ0) is 10.1. The van der Waals surface area contributed by atoms with Crippen molar-refractivity contribution in [2.45, 2.75) is 26.7 Å². The van der Waals surface area contributed by atoms with Crippen molar-refractivity contribution in [3.05, 3.63) is 0 Å². The van der Waals surface area contributed by atoms with Crippen molar-refractivity contribution < 1.29 is 4.79 Å². The highest BCUT2D eigenvalue weighted by molar-refractivity contribution is 5.51. The summed E-state index contributed by atoms with van der Waals surface area (Å²) in [4.78, 5) is 12.2. The Morgan fingerprint density at radius 3 is 2.38 bits per heavy atom. The molecule has 1 rings (SSSR count). The van der Waals surface area contributed by atoms with Gasteiger partial charge in [-0.1, -0.05) is 13.8 Å². The molecule has 3 nitrogen and oxygen atoms in total. The summed E-state index contributed by atoms with van der Waals surface area (Å²) < 4.78 is 0. The van der Waals surface area contributed by atoms with E-state index in [1.54, 1.807) is 0 Å². The molecule has 3 heteroatoms. The Balaban J connectivity index is 0.000000671. The van der Waals surface area contributed by atoms with E-state index in [2.05, 4.69) is 11.0 Å². The van der Waals surface area contributed by atoms with Gasteiger partial charge < -0.3 is 4.79 Å². The molecule has 74 valence electrons. The van der Waals surface area contributed by atoms with E-state index in [0.29, 0.717) is 6.54 Å². The van der Waals surface area contributed by atoms with Crippen molar-refractivity contribution in [2.24, 2.45) is 5.92 Å². The number of hydrogen-bond donors (Lipinski definition) is 0. The fraction of sp³-hybridized carbons (Fsp3) is 0.800. The summed E-state index contributed by atoms with van der Waals surface area (Å²) in [6, 6.07) is 2.25. The smallest absolute Gasteiger partial charge is 0.133 e. The molecule has 0 spiro atoms. The van der Waals surface area contributed by atoms with Crippen molar-refractivity contribution in [3.63, 3.8) is 0 Å². The number of rotatable bonds is 2. The normalized spacial score (nSPS) is 18.2. The summed E-state index contributed by atoms with van der Waals surface area (Å²) in [6.07, 6.45) is 2.77. The average Bonchev–Trinajstić information content (AvgIpc) is 2.23. The standard InChI is InChI=1S/C8H12N2O.C2H6/c9-7-8-1-3-10(4-2-8)5-6-11;1-2/h6,8H,1-5H2;1-2H3. The molecule has 1 aliphatic rings. The fourth-order valence-corrected chi connectivity index (χ4v) is 1.35. The van der Waals surface area contributed by atoms with E-state index in [-0.39, 0.29) is 5.92 Å². The zero-order valence-corrected chi connectivity index (χ0v) is 8.49. The van der Waals surface area contributed by atoms with E-state index in [9.17, 15) is 4.79 Å². The quantitative estimate of drug-likeness (QED) is 0.607. The van der Waals surface area contributed by atoms with E-state index >= 15 is 0 Å². The largest absolute Gasteiger partial charge is 0.302 e. The number of carbonyl (C=O) groups is 1. The number of piperidine rings is 1. The van der Waals surface area contributed by atoms with Gasteiger partial charge >= 0.3 is 0 Å². The van der Waals surface area contributed by atoms with E-state index in [0.717, 1.165) is 32.2 Å². The van der Waals surface area contributed by atoms with E-state index in [4.69, 9.17) is 5.26 Å². The maximum absolute atomic E-state index is 10.1. The van der Waals surface area contributed by atoms with Crippen LogP contribution in [0.25, 0.3) is 0 Å². The highest BCUT2D eigenvalue weighted by Crippen LogP contribution is 2.14. The predicted molar refractivity (Wildman–Crippen MR) is 52.2 cm³/mol. The highest BCUT2D eigenvalue weighted by atomic mass is 16.1. The van der Waals surface area contributed by atoms with Crippen molar-refractivity contribution in [1.82, 2.24) is 4.90 Å². The van der Waals surface area contributed by atoms with Crippen LogP contribution in [0, 0.1) is 17.2 Å². The summed E-state index contributed by atoms with van der Waals surface area (Å²) in [5.41, 5.74) is 0. The molecule has 0 radical (unpaired) electrons. The molecule has 0 saturated carbocycles. The van der Waals surface area contributed by atoms with Crippen LogP contribution < -0.4 is 0 Å². The molecule has 0 atom stereocenters. The fourth-order valence-electron chi connectivity index (χ4n) is 1.35. The first-order valence-corrected chi connectivity index (χ1v) is 4.92. The zero-order valence-electron chi connectivity index (χ0n) is 8.49. The van der Waals surface area contributed by atoms with E-state index < -0.39 is 0 Å². The first-order valence-electron chi connectivity index (χ1n) is 4.92. The summed E-state index contributed by atoms with van der Waals surface area (Å²) in [5, 5.41) is 8.57. The molecule has 1 aliphatic heterocycles. The lowest BCUT2D eigenvalue weighted by molar-refractivity contribution is -0.109. The highest BCUT2D eigenvalue weighted by Gasteiger charge is 2.17. The molecule has 0 bridgehead atoms. The molecule has 0 aromatic rings. The summed E-state index contributed by atoms with van der Waals surface area (Å²) >= 11 is 0. The Morgan fingerprint density at radius 2 is 2.00 bits per heavy atom. The number of aldehydes is 1. The summed E-state index contributed by atoms with van der Waals surface area (Å²) in [7, 11) is 0. The molecule has 0 N–H and O–H groups in total. The van der Waals surface area contributed by atoms with Crippen LogP contribution in [0.3, 0.4) is 0 Å². The molecule has 1 saturated heterocycles. The van der Waals surface area contributed by atoms with Crippen LogP contribution in [0.4, 0.5) is 0 Å². The van der Waals surface area contributed by atoms with Crippen LogP contribution in [0.5, 0.6) is 0 Å². The molecule has 1 fully saturated rings. The minimum Gasteiger partial charge on any atom is -0.302 e. The molecule has 0 aromatic carbocycles. The first kappa shape index (κ1) is 12.1. The van der Waals surface area contributed by atoms with E-state index in [1.165, 1.54) is 0 Å². The second-order valence-electron chi connectivity index (χ2n) is 2.87. The van der Waals surface area contributed by atoms with Crippen LogP contribution in [0.1, 0.15) is 26.7 Å². The lowest BCUT2D eigenvalue weighted by Gasteiger charge is -2.26. The van der Waals surface area contributed by atoms with Crippen molar-refractivity contribution in [3.8, 4) is 6.07 Å². The maximum atomic E-state index is 10.1. The monoisotopic (exact) mass is 182 g/mol.